The maximum absolute atomic E-state index is 13.3. The average molecular weight is 618 g/mol. The minimum Gasteiger partial charge on any atom is -0.490 e. The summed E-state index contributed by atoms with van der Waals surface area (Å²) < 4.78 is 39.7. The number of fused-ring (bicyclic) bond motifs is 1. The summed E-state index contributed by atoms with van der Waals surface area (Å²) in [4.78, 5) is 12.5. The van der Waals surface area contributed by atoms with E-state index in [1.54, 1.807) is 16.4 Å². The van der Waals surface area contributed by atoms with Crippen LogP contribution < -0.4 is 14.8 Å². The van der Waals surface area contributed by atoms with Gasteiger partial charge in [0.1, 0.15) is 11.6 Å². The Balaban J connectivity index is 1.27. The van der Waals surface area contributed by atoms with Crippen molar-refractivity contribution in [2.75, 3.05) is 51.3 Å². The fraction of sp³-hybridized carbons (Fsp3) is 0.412. The highest BCUT2D eigenvalue weighted by atomic mass is 32.2. The molecule has 4 aromatic rings. The first-order valence-electron chi connectivity index (χ1n) is 15.6. The second-order valence-corrected chi connectivity index (χ2v) is 12.8. The van der Waals surface area contributed by atoms with Crippen molar-refractivity contribution in [3.05, 3.63) is 83.7 Å². The smallest absolute Gasteiger partial charge is 0.243 e. The lowest BCUT2D eigenvalue weighted by Crippen LogP contribution is -2.49. The number of sulfonamides is 1. The van der Waals surface area contributed by atoms with Crippen molar-refractivity contribution < 1.29 is 17.9 Å². The molecule has 1 N–H and O–H groups in total. The number of hydrogen-bond acceptors (Lipinski definition) is 8. The lowest BCUT2D eigenvalue weighted by Gasteiger charge is -2.37. The zero-order valence-electron chi connectivity index (χ0n) is 26.1. The maximum Gasteiger partial charge on any atom is 0.243 e. The molecule has 0 amide bonds. The number of anilines is 1. The summed E-state index contributed by atoms with van der Waals surface area (Å²) in [7, 11) is -3.53. The third-order valence-corrected chi connectivity index (χ3v) is 10.0. The number of nitrogens with one attached hydrogen (secondary N) is 1. The molecule has 2 heterocycles. The normalized spacial score (nSPS) is 15.3. The van der Waals surface area contributed by atoms with Crippen LogP contribution in [0.3, 0.4) is 0 Å². The Bertz CT molecular complexity index is 1650. The molecule has 44 heavy (non-hydrogen) atoms. The predicted molar refractivity (Wildman–Crippen MR) is 175 cm³/mol. The van der Waals surface area contributed by atoms with Gasteiger partial charge in [-0.1, -0.05) is 37.3 Å². The van der Waals surface area contributed by atoms with Gasteiger partial charge in [0.15, 0.2) is 11.5 Å². The van der Waals surface area contributed by atoms with E-state index in [0.717, 1.165) is 58.0 Å². The summed E-state index contributed by atoms with van der Waals surface area (Å²) in [6.07, 6.45) is 1.66. The van der Waals surface area contributed by atoms with Crippen LogP contribution in [0.15, 0.2) is 71.6 Å². The maximum atomic E-state index is 13.3. The Kier molecular flexibility index (Phi) is 10.3. The van der Waals surface area contributed by atoms with Gasteiger partial charge in [0.2, 0.25) is 10.0 Å². The van der Waals surface area contributed by atoms with Gasteiger partial charge in [-0.15, -0.1) is 0 Å². The van der Waals surface area contributed by atoms with Gasteiger partial charge in [-0.2, -0.15) is 4.31 Å². The molecule has 234 valence electrons. The van der Waals surface area contributed by atoms with Crippen LogP contribution in [-0.2, 0) is 22.9 Å². The minimum absolute atomic E-state index is 0.0753. The molecule has 0 aliphatic carbocycles. The number of rotatable bonds is 13. The van der Waals surface area contributed by atoms with Gasteiger partial charge in [-0.3, -0.25) is 4.90 Å². The molecule has 1 atom stereocenters. The van der Waals surface area contributed by atoms with Gasteiger partial charge < -0.3 is 14.8 Å². The predicted octanol–water partition coefficient (Wildman–Crippen LogP) is 5.71. The van der Waals surface area contributed by atoms with Crippen molar-refractivity contribution in [3.8, 4) is 11.5 Å². The van der Waals surface area contributed by atoms with Gasteiger partial charge in [0.25, 0.3) is 0 Å². The molecule has 0 radical (unpaired) electrons. The number of para-hydroxylation sites is 1. The SMILES string of the molecule is CCOc1ccc(CCNc2nc([C@@H](C)N3CCN(S(=O)(=O)c4ccc(CC)cc4)CC3)nc3ccccc23)cc1OCC. The highest BCUT2D eigenvalue weighted by Gasteiger charge is 2.31. The molecular weight excluding hydrogens is 574 g/mol. The number of hydrogen-bond donors (Lipinski definition) is 1. The molecule has 3 aromatic carbocycles. The molecule has 0 unspecified atom stereocenters. The van der Waals surface area contributed by atoms with Crippen molar-refractivity contribution in [2.24, 2.45) is 0 Å². The summed E-state index contributed by atoms with van der Waals surface area (Å²) in [5, 5.41) is 4.52. The monoisotopic (exact) mass is 617 g/mol. The fourth-order valence-corrected chi connectivity index (χ4v) is 6.96. The van der Waals surface area contributed by atoms with Gasteiger partial charge in [-0.05, 0) is 81.1 Å². The number of aromatic nitrogens is 2. The molecule has 9 nitrogen and oxygen atoms in total. The Morgan fingerprint density at radius 1 is 0.841 bits per heavy atom. The number of ether oxygens (including phenoxy) is 2. The molecule has 1 saturated heterocycles. The highest BCUT2D eigenvalue weighted by molar-refractivity contribution is 7.89. The van der Waals surface area contributed by atoms with E-state index in [-0.39, 0.29) is 6.04 Å². The van der Waals surface area contributed by atoms with E-state index < -0.39 is 10.0 Å². The number of aryl methyl sites for hydroxylation is 1. The van der Waals surface area contributed by atoms with Crippen LogP contribution in [0.1, 0.15) is 50.7 Å². The molecule has 10 heteroatoms. The van der Waals surface area contributed by atoms with Crippen LogP contribution >= 0.6 is 0 Å². The van der Waals surface area contributed by atoms with E-state index in [4.69, 9.17) is 19.4 Å². The molecule has 1 aliphatic rings. The summed E-state index contributed by atoms with van der Waals surface area (Å²) in [5.41, 5.74) is 3.15. The standard InChI is InChI=1S/C34H43N5O4S/c1-5-26-12-15-28(16-13-26)44(40,41)39-22-20-38(21-23-39)25(4)33-36-30-11-9-8-10-29(30)34(37-33)35-19-18-27-14-17-31(42-6-2)32(24-27)43-7-3/h8-17,24-25H,5-7,18-23H2,1-4H3,(H,35,36,37)/t25-/m1/s1. The van der Waals surface area contributed by atoms with Crippen LogP contribution in [0, 0.1) is 0 Å². The number of piperazine rings is 1. The lowest BCUT2D eigenvalue weighted by atomic mass is 10.1. The summed E-state index contributed by atoms with van der Waals surface area (Å²) in [6.45, 7) is 12.0. The van der Waals surface area contributed by atoms with Crippen molar-refractivity contribution >= 4 is 26.7 Å². The van der Waals surface area contributed by atoms with Crippen molar-refractivity contribution in [1.29, 1.82) is 0 Å². The summed E-state index contributed by atoms with van der Waals surface area (Å²) in [6, 6.07) is 21.3. The quantitative estimate of drug-likeness (QED) is 0.204. The first-order chi connectivity index (χ1) is 21.3. The number of nitrogens with zero attached hydrogens (tertiary/aromatic N) is 4. The lowest BCUT2D eigenvalue weighted by molar-refractivity contribution is 0.141. The van der Waals surface area contributed by atoms with Crippen LogP contribution in [0.5, 0.6) is 11.5 Å². The average Bonchev–Trinajstić information content (AvgIpc) is 3.05. The van der Waals surface area contributed by atoms with Crippen molar-refractivity contribution in [3.63, 3.8) is 0 Å². The third-order valence-electron chi connectivity index (χ3n) is 8.10. The molecule has 0 spiro atoms. The van der Waals surface area contributed by atoms with Gasteiger partial charge >= 0.3 is 0 Å². The van der Waals surface area contributed by atoms with E-state index in [1.165, 1.54) is 0 Å². The largest absolute Gasteiger partial charge is 0.490 e. The van der Waals surface area contributed by atoms with E-state index in [2.05, 4.69) is 30.1 Å². The van der Waals surface area contributed by atoms with Crippen LogP contribution in [-0.4, -0.2) is 73.5 Å². The van der Waals surface area contributed by atoms with Crippen molar-refractivity contribution in [2.45, 2.75) is 51.5 Å². The molecule has 0 bridgehead atoms. The Labute approximate surface area is 261 Å². The van der Waals surface area contributed by atoms with Gasteiger partial charge in [0.05, 0.1) is 29.7 Å². The second kappa shape index (κ2) is 14.4. The van der Waals surface area contributed by atoms with Crippen LogP contribution in [0.4, 0.5) is 5.82 Å². The zero-order chi connectivity index (χ0) is 31.1. The summed E-state index contributed by atoms with van der Waals surface area (Å²) in [5.74, 6) is 3.04. The molecular formula is C34H43N5O4S. The fourth-order valence-electron chi connectivity index (χ4n) is 5.53. The van der Waals surface area contributed by atoms with E-state index in [9.17, 15) is 8.42 Å². The first kappa shape index (κ1) is 31.7. The van der Waals surface area contributed by atoms with E-state index >= 15 is 0 Å². The minimum atomic E-state index is -3.53. The highest BCUT2D eigenvalue weighted by Crippen LogP contribution is 2.30. The van der Waals surface area contributed by atoms with Crippen LogP contribution in [0.2, 0.25) is 0 Å². The van der Waals surface area contributed by atoms with Crippen LogP contribution in [0.25, 0.3) is 10.9 Å². The zero-order valence-corrected chi connectivity index (χ0v) is 26.9. The molecule has 1 aliphatic heterocycles. The topological polar surface area (TPSA) is 96.9 Å². The van der Waals surface area contributed by atoms with Crippen molar-refractivity contribution in [1.82, 2.24) is 19.2 Å². The molecule has 1 aromatic heterocycles. The van der Waals surface area contributed by atoms with Gasteiger partial charge in [0, 0.05) is 38.1 Å². The Morgan fingerprint density at radius 3 is 2.23 bits per heavy atom. The third kappa shape index (κ3) is 7.14. The second-order valence-electron chi connectivity index (χ2n) is 10.9. The Morgan fingerprint density at radius 2 is 1.52 bits per heavy atom. The molecule has 1 fully saturated rings. The molecule has 0 saturated carbocycles. The number of benzene rings is 3. The summed E-state index contributed by atoms with van der Waals surface area (Å²) >= 11 is 0. The van der Waals surface area contributed by atoms with E-state index in [1.807, 2.05) is 62.4 Å². The van der Waals surface area contributed by atoms with Gasteiger partial charge in [-0.25, -0.2) is 18.4 Å². The Hall–Kier alpha value is -3.73. The molecule has 5 rings (SSSR count). The first-order valence-corrected chi connectivity index (χ1v) is 17.0. The van der Waals surface area contributed by atoms with E-state index in [0.29, 0.717) is 50.8 Å².